The predicted octanol–water partition coefficient (Wildman–Crippen LogP) is 2.97. The summed E-state index contributed by atoms with van der Waals surface area (Å²) in [5.41, 5.74) is 0. The minimum Gasteiger partial charge on any atom is -0.475 e. The van der Waals surface area contributed by atoms with Gasteiger partial charge in [-0.1, -0.05) is 12.5 Å². The smallest absolute Gasteiger partial charge is 0.475 e. The Morgan fingerprint density at radius 3 is 2.00 bits per heavy atom. The zero-order chi connectivity index (χ0) is 11.6. The molecule has 0 rings (SSSR count). The third-order valence-electron chi connectivity index (χ3n) is 0.947. The molecule has 1 N–H and O–H groups in total. The maximum Gasteiger partial charge on any atom is 0.490 e. The van der Waals surface area contributed by atoms with Crippen molar-refractivity contribution in [2.75, 3.05) is 0 Å². The molecule has 0 bridgehead atoms. The molecule has 0 saturated heterocycles. The van der Waals surface area contributed by atoms with Crippen LogP contribution in [-0.2, 0) is 25.2 Å². The van der Waals surface area contributed by atoms with Crippen molar-refractivity contribution >= 4 is 5.97 Å². The number of allylic oxidation sites excluding steroid dienone is 3. The molecule has 15 heavy (non-hydrogen) atoms. The summed E-state index contributed by atoms with van der Waals surface area (Å²) in [4.78, 5) is 8.90. The second kappa shape index (κ2) is 11.3. The molecule has 0 radical (unpaired) electrons. The number of carboxylic acid groups (broad SMARTS) is 1. The number of hydrogen-bond donors (Lipinski definition) is 1. The average Bonchev–Trinajstić information content (AvgIpc) is 2.05. The number of aliphatic carboxylic acids is 1. The van der Waals surface area contributed by atoms with Crippen molar-refractivity contribution in [3.05, 3.63) is 31.7 Å². The van der Waals surface area contributed by atoms with E-state index in [2.05, 4.69) is 13.5 Å². The molecule has 0 aliphatic heterocycles. The van der Waals surface area contributed by atoms with E-state index in [4.69, 9.17) is 9.90 Å². The summed E-state index contributed by atoms with van der Waals surface area (Å²) in [7, 11) is 0. The second-order valence-corrected chi connectivity index (χ2v) is 2.14. The van der Waals surface area contributed by atoms with Crippen molar-refractivity contribution in [3.63, 3.8) is 0 Å². The summed E-state index contributed by atoms with van der Waals surface area (Å²) in [5, 5.41) is 7.12. The van der Waals surface area contributed by atoms with Crippen LogP contribution in [0.5, 0.6) is 0 Å². The normalized spacial score (nSPS) is 9.80. The quantitative estimate of drug-likeness (QED) is 0.376. The molecule has 6 heteroatoms. The summed E-state index contributed by atoms with van der Waals surface area (Å²) >= 11 is 0. The minimum absolute atomic E-state index is 0. The van der Waals surface area contributed by atoms with Crippen LogP contribution < -0.4 is 0 Å². The van der Waals surface area contributed by atoms with Crippen LogP contribution in [0, 0.1) is 6.92 Å². The topological polar surface area (TPSA) is 37.3 Å². The van der Waals surface area contributed by atoms with Crippen LogP contribution in [-0.4, -0.2) is 17.3 Å². The zero-order valence-electron chi connectivity index (χ0n) is 7.87. The number of carboxylic acids is 1. The van der Waals surface area contributed by atoms with Gasteiger partial charge in [0.25, 0.3) is 0 Å². The van der Waals surface area contributed by atoms with Crippen molar-refractivity contribution < 1.29 is 43.5 Å². The molecule has 0 spiro atoms. The molecule has 0 saturated carbocycles. The molecule has 0 amide bonds. The average molecular weight is 316 g/mol. The van der Waals surface area contributed by atoms with E-state index in [9.17, 15) is 13.2 Å². The van der Waals surface area contributed by atoms with E-state index in [-0.39, 0.29) is 20.4 Å². The first-order valence-corrected chi connectivity index (χ1v) is 3.71. The van der Waals surface area contributed by atoms with Gasteiger partial charge in [-0.25, -0.2) is 23.9 Å². The van der Waals surface area contributed by atoms with Crippen LogP contribution in [0.2, 0.25) is 0 Å². The van der Waals surface area contributed by atoms with Crippen LogP contribution in [0.15, 0.2) is 24.8 Å². The minimum atomic E-state index is -5.08. The van der Waals surface area contributed by atoms with Crippen LogP contribution in [0.3, 0.4) is 0 Å². The molecule has 0 aromatic heterocycles. The van der Waals surface area contributed by atoms with Gasteiger partial charge in [-0.15, -0.1) is 6.58 Å². The van der Waals surface area contributed by atoms with Crippen LogP contribution in [0.4, 0.5) is 13.2 Å². The molecule has 0 atom stereocenters. The molecule has 2 nitrogen and oxygen atoms in total. The van der Waals surface area contributed by atoms with Crippen molar-refractivity contribution in [1.82, 2.24) is 0 Å². The Kier molecular flexibility index (Phi) is 15.0. The molecular weight excluding hydrogens is 304 g/mol. The molecule has 0 aliphatic carbocycles. The summed E-state index contributed by atoms with van der Waals surface area (Å²) < 4.78 is 31.7. The van der Waals surface area contributed by atoms with Gasteiger partial charge in [-0.3, -0.25) is 0 Å². The van der Waals surface area contributed by atoms with Gasteiger partial charge in [0.05, 0.1) is 0 Å². The monoisotopic (exact) mass is 315 g/mol. The summed E-state index contributed by atoms with van der Waals surface area (Å²) in [6.07, 6.45) is 2.80. The fraction of sp³-hybridized carbons (Fsp3) is 0.333. The second-order valence-electron chi connectivity index (χ2n) is 2.14. The first kappa shape index (κ1) is 19.8. The van der Waals surface area contributed by atoms with Crippen molar-refractivity contribution in [3.8, 4) is 0 Å². The van der Waals surface area contributed by atoms with E-state index < -0.39 is 12.1 Å². The van der Waals surface area contributed by atoms with Gasteiger partial charge in [-0.05, 0) is 6.42 Å². The summed E-state index contributed by atoms with van der Waals surface area (Å²) in [5.74, 6) is -2.76. The number of rotatable bonds is 3. The Labute approximate surface area is 101 Å². The Bertz CT molecular complexity index is 200. The van der Waals surface area contributed by atoms with Gasteiger partial charge in [0.1, 0.15) is 0 Å². The standard InChI is InChI=1S/C7H11.C2HF3O2.Pd/c1-3-5-7-6-4-2;3-2(4,5)1(6)7;/h3-5H,1-2,6-7H2;(H,6,7);/q-1;;. The maximum absolute atomic E-state index is 10.6. The van der Waals surface area contributed by atoms with Gasteiger partial charge in [0.15, 0.2) is 0 Å². The van der Waals surface area contributed by atoms with E-state index in [1.54, 1.807) is 0 Å². The van der Waals surface area contributed by atoms with Gasteiger partial charge in [0.2, 0.25) is 0 Å². The van der Waals surface area contributed by atoms with Gasteiger partial charge < -0.3 is 5.11 Å². The molecule has 0 unspecified atom stereocenters. The summed E-state index contributed by atoms with van der Waals surface area (Å²) in [6, 6.07) is 0. The first-order valence-electron chi connectivity index (χ1n) is 3.71. The van der Waals surface area contributed by atoms with Crippen molar-refractivity contribution in [2.45, 2.75) is 19.0 Å². The molecule has 0 fully saturated rings. The van der Waals surface area contributed by atoms with E-state index in [0.29, 0.717) is 0 Å². The Hall–Kier alpha value is -0.728. The van der Waals surface area contributed by atoms with Gasteiger partial charge >= 0.3 is 12.1 Å². The van der Waals surface area contributed by atoms with Crippen molar-refractivity contribution in [1.29, 1.82) is 0 Å². The Morgan fingerprint density at radius 1 is 1.40 bits per heavy atom. The van der Waals surface area contributed by atoms with Gasteiger partial charge in [-0.2, -0.15) is 13.2 Å². The molecule has 0 aliphatic rings. The van der Waals surface area contributed by atoms with Crippen LogP contribution in [0.1, 0.15) is 12.8 Å². The summed E-state index contributed by atoms with van der Waals surface area (Å²) in [6.45, 7) is 7.12. The number of carbonyl (C=O) groups is 1. The third-order valence-corrected chi connectivity index (χ3v) is 0.947. The molecule has 0 aromatic carbocycles. The van der Waals surface area contributed by atoms with Gasteiger partial charge in [0, 0.05) is 20.4 Å². The SMILES string of the molecule is C=CCCC=C[CH2-].O=C(O)C(F)(F)F.[Pd]. The molecule has 92 valence electrons. The fourth-order valence-electron chi connectivity index (χ4n) is 0.332. The zero-order valence-corrected chi connectivity index (χ0v) is 9.42. The largest absolute Gasteiger partial charge is 0.490 e. The number of hydrogen-bond acceptors (Lipinski definition) is 1. The Balaban J connectivity index is -0.000000180. The first-order chi connectivity index (χ1) is 6.36. The maximum atomic E-state index is 10.6. The number of alkyl halides is 3. The van der Waals surface area contributed by atoms with Crippen LogP contribution in [0.25, 0.3) is 0 Å². The third kappa shape index (κ3) is 19.6. The van der Waals surface area contributed by atoms with E-state index in [0.717, 1.165) is 12.8 Å². The predicted molar refractivity (Wildman–Crippen MR) is 47.6 cm³/mol. The van der Waals surface area contributed by atoms with E-state index in [1.165, 1.54) is 0 Å². The molecule has 0 aromatic rings. The molecular formula is C9H12F3O2Pd-. The van der Waals surface area contributed by atoms with Crippen molar-refractivity contribution in [2.24, 2.45) is 0 Å². The Morgan fingerprint density at radius 2 is 1.80 bits per heavy atom. The van der Waals surface area contributed by atoms with E-state index >= 15 is 0 Å². The van der Waals surface area contributed by atoms with Crippen LogP contribution >= 0.6 is 0 Å². The number of halogens is 3. The molecule has 0 heterocycles. The fourth-order valence-corrected chi connectivity index (χ4v) is 0.332. The number of unbranched alkanes of at least 4 members (excludes halogenated alkanes) is 1. The van der Waals surface area contributed by atoms with E-state index in [1.807, 2.05) is 18.2 Å².